The standard InChI is InChI=1S/C10H12ClNO/c1-12(2)9-6-13-10-4-3-7(11)5-8(9)10/h3-5,9H,6H2,1-2H3. The molecule has 1 aliphatic heterocycles. The maximum atomic E-state index is 5.92. The van der Waals surface area contributed by atoms with Gasteiger partial charge in [-0.2, -0.15) is 0 Å². The molecule has 2 rings (SSSR count). The highest BCUT2D eigenvalue weighted by Crippen LogP contribution is 2.36. The molecule has 0 radical (unpaired) electrons. The van der Waals surface area contributed by atoms with Crippen molar-refractivity contribution in [2.75, 3.05) is 20.7 Å². The van der Waals surface area contributed by atoms with Crippen LogP contribution in [-0.4, -0.2) is 25.6 Å². The largest absolute Gasteiger partial charge is 0.491 e. The number of benzene rings is 1. The van der Waals surface area contributed by atoms with E-state index in [0.717, 1.165) is 17.4 Å². The van der Waals surface area contributed by atoms with Crippen LogP contribution in [0, 0.1) is 0 Å². The van der Waals surface area contributed by atoms with Gasteiger partial charge in [-0.3, -0.25) is 4.90 Å². The van der Waals surface area contributed by atoms with E-state index >= 15 is 0 Å². The minimum Gasteiger partial charge on any atom is -0.491 e. The van der Waals surface area contributed by atoms with E-state index in [1.54, 1.807) is 0 Å². The van der Waals surface area contributed by atoms with Crippen molar-refractivity contribution >= 4 is 11.6 Å². The van der Waals surface area contributed by atoms with Gasteiger partial charge in [0.2, 0.25) is 0 Å². The molecule has 0 fully saturated rings. The van der Waals surface area contributed by atoms with Gasteiger partial charge in [0.15, 0.2) is 0 Å². The first-order valence-corrected chi connectivity index (χ1v) is 4.65. The van der Waals surface area contributed by atoms with Gasteiger partial charge < -0.3 is 4.74 Å². The summed E-state index contributed by atoms with van der Waals surface area (Å²) in [5, 5.41) is 0.774. The first kappa shape index (κ1) is 8.85. The van der Waals surface area contributed by atoms with Gasteiger partial charge in [-0.1, -0.05) is 11.6 Å². The zero-order valence-corrected chi connectivity index (χ0v) is 8.51. The second-order valence-electron chi connectivity index (χ2n) is 3.47. The number of likely N-dealkylation sites (N-methyl/N-ethyl adjacent to an activating group) is 1. The molecule has 2 nitrogen and oxygen atoms in total. The molecule has 1 aliphatic rings. The zero-order valence-electron chi connectivity index (χ0n) is 7.75. The third-order valence-electron chi connectivity index (χ3n) is 2.35. The summed E-state index contributed by atoms with van der Waals surface area (Å²) in [6, 6.07) is 6.11. The van der Waals surface area contributed by atoms with Gasteiger partial charge in [0.25, 0.3) is 0 Å². The van der Waals surface area contributed by atoms with E-state index in [4.69, 9.17) is 16.3 Å². The zero-order chi connectivity index (χ0) is 9.42. The van der Waals surface area contributed by atoms with Crippen LogP contribution in [0.3, 0.4) is 0 Å². The molecule has 0 N–H and O–H groups in total. The molecule has 0 saturated carbocycles. The van der Waals surface area contributed by atoms with E-state index in [1.165, 1.54) is 5.56 Å². The number of fused-ring (bicyclic) bond motifs is 1. The van der Waals surface area contributed by atoms with Crippen molar-refractivity contribution in [2.45, 2.75) is 6.04 Å². The monoisotopic (exact) mass is 197 g/mol. The number of rotatable bonds is 1. The quantitative estimate of drug-likeness (QED) is 0.685. The van der Waals surface area contributed by atoms with Crippen molar-refractivity contribution < 1.29 is 4.74 Å². The summed E-state index contributed by atoms with van der Waals surface area (Å²) >= 11 is 5.92. The molecule has 1 heterocycles. The Morgan fingerprint density at radius 2 is 2.23 bits per heavy atom. The van der Waals surface area contributed by atoms with Crippen molar-refractivity contribution in [3.8, 4) is 5.75 Å². The highest BCUT2D eigenvalue weighted by Gasteiger charge is 2.25. The molecule has 0 saturated heterocycles. The summed E-state index contributed by atoms with van der Waals surface area (Å²) < 4.78 is 5.53. The van der Waals surface area contributed by atoms with E-state index in [2.05, 4.69) is 4.90 Å². The number of hydrogen-bond donors (Lipinski definition) is 0. The Hall–Kier alpha value is -0.730. The van der Waals surface area contributed by atoms with Gasteiger partial charge in [0, 0.05) is 10.6 Å². The molecule has 70 valence electrons. The minimum absolute atomic E-state index is 0.341. The van der Waals surface area contributed by atoms with Gasteiger partial charge in [-0.25, -0.2) is 0 Å². The van der Waals surface area contributed by atoms with Crippen LogP contribution in [0.4, 0.5) is 0 Å². The van der Waals surface area contributed by atoms with E-state index in [0.29, 0.717) is 6.04 Å². The van der Waals surface area contributed by atoms with Crippen molar-refractivity contribution in [3.63, 3.8) is 0 Å². The van der Waals surface area contributed by atoms with Gasteiger partial charge >= 0.3 is 0 Å². The van der Waals surface area contributed by atoms with Gasteiger partial charge in [0.05, 0.1) is 6.04 Å². The second kappa shape index (κ2) is 3.20. The molecular weight excluding hydrogens is 186 g/mol. The van der Waals surface area contributed by atoms with Crippen LogP contribution < -0.4 is 4.74 Å². The lowest BCUT2D eigenvalue weighted by Crippen LogP contribution is -2.20. The highest BCUT2D eigenvalue weighted by molar-refractivity contribution is 6.30. The topological polar surface area (TPSA) is 12.5 Å². The third kappa shape index (κ3) is 1.52. The first-order chi connectivity index (χ1) is 6.18. The molecular formula is C10H12ClNO. The molecule has 1 unspecified atom stereocenters. The Balaban J connectivity index is 2.40. The van der Waals surface area contributed by atoms with Crippen LogP contribution in [0.25, 0.3) is 0 Å². The SMILES string of the molecule is CN(C)C1COc2ccc(Cl)cc21. The second-order valence-corrected chi connectivity index (χ2v) is 3.91. The molecule has 0 bridgehead atoms. The fraction of sp³-hybridized carbons (Fsp3) is 0.400. The van der Waals surface area contributed by atoms with Crippen LogP contribution in [0.1, 0.15) is 11.6 Å². The summed E-state index contributed by atoms with van der Waals surface area (Å²) in [5.41, 5.74) is 1.19. The van der Waals surface area contributed by atoms with Crippen LogP contribution in [0.2, 0.25) is 5.02 Å². The molecule has 1 aromatic carbocycles. The Labute approximate surface area is 83.1 Å². The van der Waals surface area contributed by atoms with Gasteiger partial charge in [-0.05, 0) is 32.3 Å². The predicted molar refractivity (Wildman–Crippen MR) is 53.4 cm³/mol. The van der Waals surface area contributed by atoms with E-state index in [-0.39, 0.29) is 0 Å². The van der Waals surface area contributed by atoms with Crippen molar-refractivity contribution in [1.82, 2.24) is 4.90 Å². The maximum Gasteiger partial charge on any atom is 0.124 e. The molecule has 3 heteroatoms. The number of hydrogen-bond acceptors (Lipinski definition) is 2. The molecule has 0 aliphatic carbocycles. The van der Waals surface area contributed by atoms with Gasteiger partial charge in [0.1, 0.15) is 12.4 Å². The van der Waals surface area contributed by atoms with E-state index in [9.17, 15) is 0 Å². The van der Waals surface area contributed by atoms with E-state index in [1.807, 2.05) is 32.3 Å². The summed E-state index contributed by atoms with van der Waals surface area (Å²) in [5.74, 6) is 0.961. The Bertz CT molecular complexity index is 325. The molecule has 0 spiro atoms. The summed E-state index contributed by atoms with van der Waals surface area (Å²) in [7, 11) is 4.09. The Morgan fingerprint density at radius 1 is 1.46 bits per heavy atom. The van der Waals surface area contributed by atoms with Crippen LogP contribution >= 0.6 is 11.6 Å². The minimum atomic E-state index is 0.341. The average Bonchev–Trinajstić information content (AvgIpc) is 2.46. The van der Waals surface area contributed by atoms with Crippen LogP contribution in [0.15, 0.2) is 18.2 Å². The lowest BCUT2D eigenvalue weighted by atomic mass is 10.1. The van der Waals surface area contributed by atoms with Crippen LogP contribution in [0.5, 0.6) is 5.75 Å². The third-order valence-corrected chi connectivity index (χ3v) is 2.59. The predicted octanol–water partition coefficient (Wildman–Crippen LogP) is 2.34. The summed E-state index contributed by atoms with van der Waals surface area (Å²) in [4.78, 5) is 2.14. The molecule has 0 aromatic heterocycles. The molecule has 13 heavy (non-hydrogen) atoms. The average molecular weight is 198 g/mol. The molecule has 1 atom stereocenters. The lowest BCUT2D eigenvalue weighted by Gasteiger charge is -2.17. The highest BCUT2D eigenvalue weighted by atomic mass is 35.5. The normalized spacial score (nSPS) is 20.2. The first-order valence-electron chi connectivity index (χ1n) is 4.27. The molecule has 1 aromatic rings. The maximum absolute atomic E-state index is 5.92. The smallest absolute Gasteiger partial charge is 0.124 e. The lowest BCUT2D eigenvalue weighted by molar-refractivity contribution is 0.227. The Morgan fingerprint density at radius 3 is 2.92 bits per heavy atom. The fourth-order valence-electron chi connectivity index (χ4n) is 1.60. The number of nitrogens with zero attached hydrogens (tertiary/aromatic N) is 1. The van der Waals surface area contributed by atoms with E-state index < -0.39 is 0 Å². The van der Waals surface area contributed by atoms with Crippen molar-refractivity contribution in [3.05, 3.63) is 28.8 Å². The van der Waals surface area contributed by atoms with Crippen molar-refractivity contribution in [1.29, 1.82) is 0 Å². The molecule has 0 amide bonds. The summed E-state index contributed by atoms with van der Waals surface area (Å²) in [6.07, 6.45) is 0. The number of halogens is 1. The summed E-state index contributed by atoms with van der Waals surface area (Å²) in [6.45, 7) is 0.725. The van der Waals surface area contributed by atoms with Crippen LogP contribution in [-0.2, 0) is 0 Å². The number of ether oxygens (including phenoxy) is 1. The van der Waals surface area contributed by atoms with Crippen molar-refractivity contribution in [2.24, 2.45) is 0 Å². The fourth-order valence-corrected chi connectivity index (χ4v) is 1.78. The van der Waals surface area contributed by atoms with Gasteiger partial charge in [-0.15, -0.1) is 0 Å². The Kier molecular flexibility index (Phi) is 2.18.